The number of sulfonamides is 1. The van der Waals surface area contributed by atoms with Crippen molar-refractivity contribution < 1.29 is 30.0 Å². The lowest BCUT2D eigenvalue weighted by Gasteiger charge is -2.30. The Morgan fingerprint density at radius 1 is 1.07 bits per heavy atom. The van der Waals surface area contributed by atoms with E-state index in [9.17, 15) is 30.4 Å². The highest BCUT2D eigenvalue weighted by atomic mass is 32.2. The molecule has 1 fully saturated rings. The zero-order valence-corrected chi connectivity index (χ0v) is 25.1. The molecule has 0 spiro atoms. The van der Waals surface area contributed by atoms with Crippen LogP contribution < -0.4 is 10.9 Å². The van der Waals surface area contributed by atoms with E-state index in [0.717, 1.165) is 35.7 Å². The summed E-state index contributed by atoms with van der Waals surface area (Å²) in [6.45, 7) is 0.543. The van der Waals surface area contributed by atoms with Gasteiger partial charge in [-0.2, -0.15) is 13.4 Å². The molecule has 0 amide bonds. The summed E-state index contributed by atoms with van der Waals surface area (Å²) in [5.41, 5.74) is -0.499. The molecule has 0 atom stereocenters. The normalized spacial score (nSPS) is 15.2. The quantitative estimate of drug-likeness (QED) is 0.243. The standard InChI is InChI=1S/C26H25F2N9O6S2/c1-44(39,40)35-8-6-19(7-9-35)33-26-31-11-18-10-20(22(27)28)25(38)36(23(18)34-26)13-16-2-4-17(5-3-16)24-30-12-21(43-24)45(41,42)37-15-29-14-32-37/h2-5,10-12,14-15,19,22H,6-9,13H2,1H3,(H,31,33,34). The predicted molar refractivity (Wildman–Crippen MR) is 155 cm³/mol. The number of fused-ring (bicyclic) bond motifs is 1. The molecule has 1 aliphatic rings. The van der Waals surface area contributed by atoms with E-state index in [1.54, 1.807) is 24.3 Å². The Morgan fingerprint density at radius 3 is 2.44 bits per heavy atom. The Balaban J connectivity index is 1.26. The Morgan fingerprint density at radius 2 is 1.80 bits per heavy atom. The van der Waals surface area contributed by atoms with Crippen LogP contribution in [0.25, 0.3) is 22.5 Å². The highest BCUT2D eigenvalue weighted by Crippen LogP contribution is 2.25. The maximum atomic E-state index is 13.8. The topological polar surface area (TPSA) is 188 Å². The van der Waals surface area contributed by atoms with Crippen LogP contribution in [-0.2, 0) is 26.6 Å². The SMILES string of the molecule is CS(=O)(=O)N1CCC(Nc2ncc3cc(C(F)F)c(=O)n(Cc4ccc(-c5ncc(S(=O)(=O)n6cncn6)o5)cc4)c3n2)CC1. The average Bonchev–Trinajstić information content (AvgIpc) is 3.73. The fraction of sp³-hybridized carbons (Fsp3) is 0.308. The zero-order valence-electron chi connectivity index (χ0n) is 23.5. The molecule has 45 heavy (non-hydrogen) atoms. The van der Waals surface area contributed by atoms with Crippen LogP contribution in [0.4, 0.5) is 14.7 Å². The van der Waals surface area contributed by atoms with Gasteiger partial charge in [0.1, 0.15) is 18.3 Å². The van der Waals surface area contributed by atoms with Crippen LogP contribution in [0.2, 0.25) is 0 Å². The number of rotatable bonds is 9. The number of pyridine rings is 1. The first-order valence-corrected chi connectivity index (χ1v) is 16.7. The molecule has 0 bridgehead atoms. The maximum Gasteiger partial charge on any atom is 0.319 e. The van der Waals surface area contributed by atoms with Crippen molar-refractivity contribution in [1.29, 1.82) is 0 Å². The van der Waals surface area contributed by atoms with Crippen LogP contribution in [0.3, 0.4) is 0 Å². The van der Waals surface area contributed by atoms with Crippen LogP contribution in [0.5, 0.6) is 0 Å². The second-order valence-electron chi connectivity index (χ2n) is 10.3. The summed E-state index contributed by atoms with van der Waals surface area (Å²) < 4.78 is 85.1. The number of oxazole rings is 1. The molecule has 5 heterocycles. The van der Waals surface area contributed by atoms with E-state index in [1.165, 1.54) is 10.5 Å². The van der Waals surface area contributed by atoms with Crippen molar-refractivity contribution in [1.82, 2.24) is 38.0 Å². The first-order chi connectivity index (χ1) is 21.4. The highest BCUT2D eigenvalue weighted by Gasteiger charge is 2.26. The summed E-state index contributed by atoms with van der Waals surface area (Å²) in [7, 11) is -7.42. The van der Waals surface area contributed by atoms with E-state index >= 15 is 0 Å². The number of hydrogen-bond acceptors (Lipinski definition) is 12. The zero-order chi connectivity index (χ0) is 31.9. The van der Waals surface area contributed by atoms with Gasteiger partial charge in [-0.15, -0.1) is 9.19 Å². The van der Waals surface area contributed by atoms with Gasteiger partial charge in [-0.05, 0) is 36.6 Å². The van der Waals surface area contributed by atoms with Crippen LogP contribution in [-0.4, -0.2) is 80.2 Å². The third-order valence-corrected chi connectivity index (χ3v) is 9.95. The number of halogens is 2. The van der Waals surface area contributed by atoms with E-state index in [-0.39, 0.29) is 35.5 Å². The van der Waals surface area contributed by atoms with Gasteiger partial charge in [-0.1, -0.05) is 12.1 Å². The number of nitrogens with zero attached hydrogens (tertiary/aromatic N) is 8. The minimum Gasteiger partial charge on any atom is -0.423 e. The van der Waals surface area contributed by atoms with Gasteiger partial charge in [-0.25, -0.2) is 36.5 Å². The van der Waals surface area contributed by atoms with Crippen molar-refractivity contribution in [3.63, 3.8) is 0 Å². The second kappa shape index (κ2) is 11.7. The summed E-state index contributed by atoms with van der Waals surface area (Å²) in [5, 5.41) is 6.56. The molecular formula is C26H25F2N9O6S2. The molecule has 0 aliphatic carbocycles. The Bertz CT molecular complexity index is 2130. The molecule has 1 N–H and O–H groups in total. The van der Waals surface area contributed by atoms with Gasteiger partial charge in [0, 0.05) is 36.3 Å². The van der Waals surface area contributed by atoms with Gasteiger partial charge in [0.25, 0.3) is 17.1 Å². The molecule has 6 rings (SSSR count). The van der Waals surface area contributed by atoms with Gasteiger partial charge in [0.05, 0.1) is 24.6 Å². The van der Waals surface area contributed by atoms with E-state index in [4.69, 9.17) is 4.42 Å². The molecule has 0 unspecified atom stereocenters. The lowest BCUT2D eigenvalue weighted by molar-refractivity contribution is 0.149. The molecule has 5 aromatic rings. The first kappa shape index (κ1) is 30.4. The van der Waals surface area contributed by atoms with E-state index in [1.807, 2.05) is 0 Å². The minimum atomic E-state index is -4.12. The summed E-state index contributed by atoms with van der Waals surface area (Å²) in [5.74, 6) is 0.183. The van der Waals surface area contributed by atoms with Gasteiger partial charge in [-0.3, -0.25) is 9.36 Å². The smallest absolute Gasteiger partial charge is 0.319 e. The van der Waals surface area contributed by atoms with Gasteiger partial charge < -0.3 is 9.73 Å². The molecule has 1 aromatic carbocycles. The molecule has 0 saturated carbocycles. The molecule has 1 saturated heterocycles. The van der Waals surface area contributed by atoms with Crippen LogP contribution in [0.1, 0.15) is 30.4 Å². The fourth-order valence-corrected chi connectivity index (χ4v) is 6.70. The van der Waals surface area contributed by atoms with Crippen LogP contribution >= 0.6 is 0 Å². The maximum absolute atomic E-state index is 13.8. The third-order valence-electron chi connectivity index (χ3n) is 7.27. The monoisotopic (exact) mass is 661 g/mol. The number of alkyl halides is 2. The summed E-state index contributed by atoms with van der Waals surface area (Å²) in [4.78, 5) is 29.6. The summed E-state index contributed by atoms with van der Waals surface area (Å²) >= 11 is 0. The fourth-order valence-electron chi connectivity index (χ4n) is 4.93. The number of benzene rings is 1. The van der Waals surface area contributed by atoms with Crippen LogP contribution in [0.15, 0.2) is 69.7 Å². The number of anilines is 1. The van der Waals surface area contributed by atoms with Crippen LogP contribution in [0, 0.1) is 0 Å². The largest absolute Gasteiger partial charge is 0.423 e. The lowest BCUT2D eigenvalue weighted by atomic mass is 10.1. The van der Waals surface area contributed by atoms with Gasteiger partial charge in [0.15, 0.2) is 0 Å². The number of nitrogens with one attached hydrogen (secondary N) is 1. The highest BCUT2D eigenvalue weighted by molar-refractivity contribution is 7.89. The van der Waals surface area contributed by atoms with E-state index in [0.29, 0.717) is 41.1 Å². The Hall–Kier alpha value is -4.62. The molecule has 0 radical (unpaired) electrons. The van der Waals surface area contributed by atoms with Crippen molar-refractivity contribution in [3.8, 4) is 11.5 Å². The first-order valence-electron chi connectivity index (χ1n) is 13.5. The number of piperidine rings is 1. The average molecular weight is 662 g/mol. The van der Waals surface area contributed by atoms with Gasteiger partial charge in [0.2, 0.25) is 21.9 Å². The molecule has 236 valence electrons. The molecule has 1 aliphatic heterocycles. The Kier molecular flexibility index (Phi) is 7.91. The molecular weight excluding hydrogens is 636 g/mol. The third kappa shape index (κ3) is 6.18. The summed E-state index contributed by atoms with van der Waals surface area (Å²) in [6.07, 6.45) is 3.63. The predicted octanol–water partition coefficient (Wildman–Crippen LogP) is 2.10. The van der Waals surface area contributed by atoms with Crippen molar-refractivity contribution in [2.75, 3.05) is 24.7 Å². The second-order valence-corrected chi connectivity index (χ2v) is 14.0. The van der Waals surface area contributed by atoms with Crippen molar-refractivity contribution in [2.24, 2.45) is 0 Å². The van der Waals surface area contributed by atoms with Gasteiger partial charge >= 0.3 is 10.0 Å². The van der Waals surface area contributed by atoms with Crippen molar-refractivity contribution in [3.05, 3.63) is 76.9 Å². The van der Waals surface area contributed by atoms with E-state index < -0.39 is 42.7 Å². The van der Waals surface area contributed by atoms with Crippen molar-refractivity contribution in [2.45, 2.75) is 36.9 Å². The molecule has 19 heteroatoms. The Labute approximate surface area is 254 Å². The lowest BCUT2D eigenvalue weighted by Crippen LogP contribution is -2.42. The number of aromatic nitrogens is 7. The number of hydrogen-bond donors (Lipinski definition) is 1. The summed E-state index contributed by atoms with van der Waals surface area (Å²) in [6, 6.07) is 7.35. The van der Waals surface area contributed by atoms with Crippen molar-refractivity contribution >= 4 is 37.0 Å². The minimum absolute atomic E-state index is 0.00776. The van der Waals surface area contributed by atoms with E-state index in [2.05, 4.69) is 30.4 Å². The molecule has 4 aromatic heterocycles. The molecule has 15 nitrogen and oxygen atoms in total.